The molecule has 0 aromatic carbocycles. The van der Waals surface area contributed by atoms with Crippen molar-refractivity contribution in [3.8, 4) is 0 Å². The minimum atomic E-state index is 0.787. The van der Waals surface area contributed by atoms with Crippen molar-refractivity contribution in [1.29, 1.82) is 0 Å². The summed E-state index contributed by atoms with van der Waals surface area (Å²) in [6.07, 6.45) is 2.70. The van der Waals surface area contributed by atoms with Gasteiger partial charge in [-0.05, 0) is 44.7 Å². The first-order valence-electron chi connectivity index (χ1n) is 6.56. The first-order valence-corrected chi connectivity index (χ1v) is 6.56. The van der Waals surface area contributed by atoms with Crippen LogP contribution < -0.4 is 5.32 Å². The quantitative estimate of drug-likeness (QED) is 0.807. The molecule has 2 rings (SSSR count). The smallest absolute Gasteiger partial charge is 0.0226 e. The Balaban J connectivity index is 1.94. The minimum absolute atomic E-state index is 0.787. The van der Waals surface area contributed by atoms with Crippen LogP contribution in [0.2, 0.25) is 0 Å². The number of nitrogens with one attached hydrogen (secondary N) is 1. The molecule has 2 nitrogen and oxygen atoms in total. The fraction of sp³-hybridized carbons (Fsp3) is 0.714. The Morgan fingerprint density at radius 2 is 2.12 bits per heavy atom. The molecule has 0 bridgehead atoms. The summed E-state index contributed by atoms with van der Waals surface area (Å²) < 4.78 is 2.39. The van der Waals surface area contributed by atoms with E-state index in [-0.39, 0.29) is 0 Å². The minimum Gasteiger partial charge on any atom is -0.349 e. The normalized spacial score (nSPS) is 23.8. The fourth-order valence-corrected chi connectivity index (χ4v) is 2.73. The van der Waals surface area contributed by atoms with Crippen molar-refractivity contribution in [2.24, 2.45) is 5.92 Å². The maximum absolute atomic E-state index is 3.67. The first-order chi connectivity index (χ1) is 7.67. The van der Waals surface area contributed by atoms with Gasteiger partial charge in [-0.3, -0.25) is 0 Å². The Bertz CT molecular complexity index is 365. The molecule has 1 heterocycles. The van der Waals surface area contributed by atoms with Gasteiger partial charge in [-0.15, -0.1) is 0 Å². The molecule has 0 amide bonds. The summed E-state index contributed by atoms with van der Waals surface area (Å²) in [6, 6.07) is 3.12. The second kappa shape index (κ2) is 4.62. The molecule has 1 aliphatic carbocycles. The largest absolute Gasteiger partial charge is 0.349 e. The van der Waals surface area contributed by atoms with Gasteiger partial charge in [0.25, 0.3) is 0 Å². The van der Waals surface area contributed by atoms with Crippen LogP contribution in [0.15, 0.2) is 6.07 Å². The van der Waals surface area contributed by atoms with Crippen LogP contribution in [0.1, 0.15) is 43.6 Å². The van der Waals surface area contributed by atoms with Crippen LogP contribution in [0.5, 0.6) is 0 Å². The molecule has 0 spiro atoms. The zero-order valence-electron chi connectivity index (χ0n) is 11.0. The molecule has 0 aliphatic heterocycles. The van der Waals surface area contributed by atoms with Crippen molar-refractivity contribution in [2.45, 2.75) is 59.7 Å². The summed E-state index contributed by atoms with van der Waals surface area (Å²) in [5, 5.41) is 3.67. The predicted molar refractivity (Wildman–Crippen MR) is 68.6 cm³/mol. The van der Waals surface area contributed by atoms with Crippen molar-refractivity contribution in [1.82, 2.24) is 9.88 Å². The molecule has 16 heavy (non-hydrogen) atoms. The molecule has 1 saturated carbocycles. The van der Waals surface area contributed by atoms with E-state index in [1.54, 1.807) is 0 Å². The van der Waals surface area contributed by atoms with Crippen LogP contribution in [0.4, 0.5) is 0 Å². The Morgan fingerprint density at radius 3 is 2.62 bits per heavy atom. The van der Waals surface area contributed by atoms with Gasteiger partial charge in [0.2, 0.25) is 0 Å². The summed E-state index contributed by atoms with van der Waals surface area (Å²) in [6.45, 7) is 11.1. The van der Waals surface area contributed by atoms with E-state index >= 15 is 0 Å². The molecule has 2 atom stereocenters. The van der Waals surface area contributed by atoms with Crippen LogP contribution in [-0.2, 0) is 13.1 Å². The van der Waals surface area contributed by atoms with Gasteiger partial charge in [0.15, 0.2) is 0 Å². The topological polar surface area (TPSA) is 17.0 Å². The third-order valence-corrected chi connectivity index (χ3v) is 4.00. The molecule has 1 aromatic heterocycles. The van der Waals surface area contributed by atoms with E-state index in [1.165, 1.54) is 29.8 Å². The van der Waals surface area contributed by atoms with Gasteiger partial charge in [0, 0.05) is 30.5 Å². The maximum Gasteiger partial charge on any atom is 0.0226 e. The van der Waals surface area contributed by atoms with Gasteiger partial charge >= 0.3 is 0 Å². The summed E-state index contributed by atoms with van der Waals surface area (Å²) >= 11 is 0. The Labute approximate surface area is 99.0 Å². The SMILES string of the molecule is CCC1CC1NCc1cc(C)n(CC)c1C. The summed E-state index contributed by atoms with van der Waals surface area (Å²) in [4.78, 5) is 0. The molecule has 1 fully saturated rings. The van der Waals surface area contributed by atoms with E-state index in [9.17, 15) is 0 Å². The highest BCUT2D eigenvalue weighted by molar-refractivity contribution is 5.26. The predicted octanol–water partition coefficient (Wildman–Crippen LogP) is 3.01. The van der Waals surface area contributed by atoms with Crippen LogP contribution in [0.25, 0.3) is 0 Å². The van der Waals surface area contributed by atoms with Crippen molar-refractivity contribution >= 4 is 0 Å². The Hall–Kier alpha value is -0.760. The van der Waals surface area contributed by atoms with Crippen LogP contribution in [-0.4, -0.2) is 10.6 Å². The van der Waals surface area contributed by atoms with Gasteiger partial charge in [0.05, 0.1) is 0 Å². The summed E-state index contributed by atoms with van der Waals surface area (Å²) in [7, 11) is 0. The zero-order chi connectivity index (χ0) is 11.7. The number of aromatic nitrogens is 1. The molecule has 0 saturated heterocycles. The third-order valence-electron chi connectivity index (χ3n) is 4.00. The van der Waals surface area contributed by atoms with Gasteiger partial charge in [0.1, 0.15) is 0 Å². The molecule has 90 valence electrons. The van der Waals surface area contributed by atoms with Crippen LogP contribution >= 0.6 is 0 Å². The number of aryl methyl sites for hydroxylation is 1. The maximum atomic E-state index is 3.67. The van der Waals surface area contributed by atoms with Crippen LogP contribution in [0, 0.1) is 19.8 Å². The average Bonchev–Trinajstić information content (AvgIpc) is 2.97. The van der Waals surface area contributed by atoms with E-state index in [2.05, 4.69) is 43.6 Å². The molecular weight excluding hydrogens is 196 g/mol. The second-order valence-corrected chi connectivity index (χ2v) is 5.03. The molecule has 0 radical (unpaired) electrons. The lowest BCUT2D eigenvalue weighted by molar-refractivity contribution is 0.618. The highest BCUT2D eigenvalue weighted by Crippen LogP contribution is 2.33. The number of hydrogen-bond acceptors (Lipinski definition) is 1. The first kappa shape index (κ1) is 11.7. The van der Waals surface area contributed by atoms with Crippen molar-refractivity contribution < 1.29 is 0 Å². The summed E-state index contributed by atoms with van der Waals surface area (Å²) in [5.74, 6) is 0.940. The van der Waals surface area contributed by atoms with Gasteiger partial charge in [-0.25, -0.2) is 0 Å². The van der Waals surface area contributed by atoms with Gasteiger partial charge in [-0.1, -0.05) is 13.3 Å². The zero-order valence-corrected chi connectivity index (χ0v) is 11.0. The molecular formula is C14H24N2. The van der Waals surface area contributed by atoms with E-state index in [0.717, 1.165) is 25.0 Å². The molecule has 1 N–H and O–H groups in total. The molecule has 2 unspecified atom stereocenters. The van der Waals surface area contributed by atoms with E-state index < -0.39 is 0 Å². The monoisotopic (exact) mass is 220 g/mol. The fourth-order valence-electron chi connectivity index (χ4n) is 2.73. The van der Waals surface area contributed by atoms with Crippen molar-refractivity contribution in [3.05, 3.63) is 23.0 Å². The van der Waals surface area contributed by atoms with Crippen molar-refractivity contribution in [3.63, 3.8) is 0 Å². The Kier molecular flexibility index (Phi) is 3.38. The third kappa shape index (κ3) is 2.17. The van der Waals surface area contributed by atoms with Crippen molar-refractivity contribution in [2.75, 3.05) is 0 Å². The lowest BCUT2D eigenvalue weighted by Crippen LogP contribution is -2.17. The number of nitrogens with zero attached hydrogens (tertiary/aromatic N) is 1. The lowest BCUT2D eigenvalue weighted by atomic mass is 10.2. The highest BCUT2D eigenvalue weighted by atomic mass is 15.0. The molecule has 1 aromatic rings. The van der Waals surface area contributed by atoms with Crippen LogP contribution in [0.3, 0.4) is 0 Å². The lowest BCUT2D eigenvalue weighted by Gasteiger charge is -2.07. The average molecular weight is 220 g/mol. The van der Waals surface area contributed by atoms with Gasteiger partial charge in [-0.2, -0.15) is 0 Å². The highest BCUT2D eigenvalue weighted by Gasteiger charge is 2.34. The standard InChI is InChI=1S/C14H24N2/c1-5-12-8-14(12)15-9-13-7-10(3)16(6-2)11(13)4/h7,12,14-15H,5-6,8-9H2,1-4H3. The van der Waals surface area contributed by atoms with E-state index in [4.69, 9.17) is 0 Å². The molecule has 2 heteroatoms. The van der Waals surface area contributed by atoms with E-state index in [0.29, 0.717) is 0 Å². The number of hydrogen-bond donors (Lipinski definition) is 1. The number of rotatable bonds is 5. The summed E-state index contributed by atoms with van der Waals surface area (Å²) in [5.41, 5.74) is 4.29. The van der Waals surface area contributed by atoms with Gasteiger partial charge < -0.3 is 9.88 Å². The molecule has 1 aliphatic rings. The Morgan fingerprint density at radius 1 is 1.38 bits per heavy atom. The second-order valence-electron chi connectivity index (χ2n) is 5.03. The van der Waals surface area contributed by atoms with E-state index in [1.807, 2.05) is 0 Å².